The van der Waals surface area contributed by atoms with Crippen LogP contribution in [-0.4, -0.2) is 28.0 Å². The second-order valence-electron chi connectivity index (χ2n) is 5.38. The summed E-state index contributed by atoms with van der Waals surface area (Å²) in [7, 11) is 0. The lowest BCUT2D eigenvalue weighted by Crippen LogP contribution is -2.26. The highest BCUT2D eigenvalue weighted by Gasteiger charge is 2.18. The number of nitrogens with zero attached hydrogens (tertiary/aromatic N) is 2. The van der Waals surface area contributed by atoms with E-state index in [4.69, 9.17) is 0 Å². The molecule has 0 unspecified atom stereocenters. The van der Waals surface area contributed by atoms with Crippen LogP contribution in [0, 0.1) is 13.8 Å². The Morgan fingerprint density at radius 2 is 2.15 bits per heavy atom. The Morgan fingerprint density at radius 3 is 2.90 bits per heavy atom. The summed E-state index contributed by atoms with van der Waals surface area (Å²) in [4.78, 5) is 23.2. The van der Waals surface area contributed by atoms with Crippen molar-refractivity contribution in [2.24, 2.45) is 0 Å². The molecule has 0 fully saturated rings. The van der Waals surface area contributed by atoms with Crippen molar-refractivity contribution in [1.29, 1.82) is 0 Å². The number of hydrogen-bond donors (Lipinski definition) is 1. The van der Waals surface area contributed by atoms with Crippen molar-refractivity contribution in [2.45, 2.75) is 33.2 Å². The van der Waals surface area contributed by atoms with E-state index in [1.54, 1.807) is 0 Å². The van der Waals surface area contributed by atoms with Crippen molar-refractivity contribution in [1.82, 2.24) is 14.9 Å². The molecule has 20 heavy (non-hydrogen) atoms. The number of aromatic amines is 1. The Morgan fingerprint density at radius 1 is 1.35 bits per heavy atom. The Labute approximate surface area is 122 Å². The number of aromatic nitrogens is 2. The number of hydrogen-bond acceptors (Lipinski definition) is 4. The zero-order valence-electron chi connectivity index (χ0n) is 11.9. The Bertz CT molecular complexity index is 674. The second kappa shape index (κ2) is 5.50. The molecule has 0 atom stereocenters. The molecule has 0 radical (unpaired) electrons. The molecule has 0 saturated heterocycles. The topological polar surface area (TPSA) is 49.0 Å². The van der Waals surface area contributed by atoms with E-state index in [1.807, 2.05) is 18.3 Å². The molecule has 2 aromatic heterocycles. The van der Waals surface area contributed by atoms with Crippen molar-refractivity contribution >= 4 is 11.3 Å². The van der Waals surface area contributed by atoms with Crippen molar-refractivity contribution in [3.05, 3.63) is 49.3 Å². The number of rotatable bonds is 2. The van der Waals surface area contributed by atoms with Gasteiger partial charge in [0.2, 0.25) is 0 Å². The average Bonchev–Trinajstić information content (AvgIpc) is 2.68. The van der Waals surface area contributed by atoms with Gasteiger partial charge in [-0.05, 0) is 37.3 Å². The number of aryl methyl sites for hydroxylation is 2. The molecule has 5 heteroatoms. The van der Waals surface area contributed by atoms with Gasteiger partial charge in [0.05, 0.1) is 5.69 Å². The van der Waals surface area contributed by atoms with E-state index in [9.17, 15) is 4.79 Å². The van der Waals surface area contributed by atoms with E-state index in [1.165, 1.54) is 10.4 Å². The number of nitrogens with one attached hydrogen (secondary N) is 1. The molecule has 0 amide bonds. The van der Waals surface area contributed by atoms with Gasteiger partial charge < -0.3 is 4.98 Å². The first kappa shape index (κ1) is 13.5. The highest BCUT2D eigenvalue weighted by atomic mass is 32.1. The van der Waals surface area contributed by atoms with Gasteiger partial charge in [0.1, 0.15) is 5.82 Å². The molecular formula is C15H19N3OS. The Kier molecular flexibility index (Phi) is 3.72. The van der Waals surface area contributed by atoms with Crippen molar-refractivity contribution < 1.29 is 0 Å². The van der Waals surface area contributed by atoms with Gasteiger partial charge in [-0.1, -0.05) is 0 Å². The quantitative estimate of drug-likeness (QED) is 0.920. The predicted molar refractivity (Wildman–Crippen MR) is 81.3 cm³/mol. The minimum absolute atomic E-state index is 0.0432. The first-order valence-electron chi connectivity index (χ1n) is 6.97. The summed E-state index contributed by atoms with van der Waals surface area (Å²) in [5.41, 5.74) is 3.27. The zero-order valence-corrected chi connectivity index (χ0v) is 12.7. The minimum Gasteiger partial charge on any atom is -0.311 e. The summed E-state index contributed by atoms with van der Waals surface area (Å²) >= 11 is 1.81. The molecule has 106 valence electrons. The summed E-state index contributed by atoms with van der Waals surface area (Å²) in [5, 5.41) is 2.15. The molecule has 0 spiro atoms. The fraction of sp³-hybridized carbons (Fsp3) is 0.467. The maximum atomic E-state index is 12.0. The van der Waals surface area contributed by atoms with Crippen LogP contribution in [0.3, 0.4) is 0 Å². The van der Waals surface area contributed by atoms with Crippen LogP contribution in [-0.2, 0) is 19.4 Å². The van der Waals surface area contributed by atoms with E-state index in [-0.39, 0.29) is 5.56 Å². The van der Waals surface area contributed by atoms with Crippen LogP contribution in [0.5, 0.6) is 0 Å². The van der Waals surface area contributed by atoms with Crippen LogP contribution >= 0.6 is 11.3 Å². The molecule has 3 rings (SSSR count). The van der Waals surface area contributed by atoms with Crippen LogP contribution in [0.1, 0.15) is 27.5 Å². The molecule has 0 bridgehead atoms. The molecule has 1 N–H and O–H groups in total. The zero-order chi connectivity index (χ0) is 14.1. The first-order valence-corrected chi connectivity index (χ1v) is 7.85. The predicted octanol–water partition coefficient (Wildman–Crippen LogP) is 2.05. The van der Waals surface area contributed by atoms with Gasteiger partial charge in [-0.2, -0.15) is 0 Å². The largest absolute Gasteiger partial charge is 0.311 e. The maximum Gasteiger partial charge on any atom is 0.254 e. The van der Waals surface area contributed by atoms with E-state index in [0.717, 1.165) is 49.6 Å². The third kappa shape index (κ3) is 2.69. The van der Waals surface area contributed by atoms with Crippen molar-refractivity contribution in [2.75, 3.05) is 13.1 Å². The van der Waals surface area contributed by atoms with Gasteiger partial charge in [-0.3, -0.25) is 9.69 Å². The molecule has 0 saturated carbocycles. The van der Waals surface area contributed by atoms with Crippen LogP contribution in [0.2, 0.25) is 0 Å². The maximum absolute atomic E-state index is 12.0. The third-order valence-electron chi connectivity index (χ3n) is 3.90. The molecule has 4 nitrogen and oxygen atoms in total. The van der Waals surface area contributed by atoms with Crippen LogP contribution < -0.4 is 5.56 Å². The van der Waals surface area contributed by atoms with Crippen LogP contribution in [0.15, 0.2) is 16.2 Å². The molecule has 2 aromatic rings. The second-order valence-corrected chi connectivity index (χ2v) is 6.38. The monoisotopic (exact) mass is 289 g/mol. The normalized spacial score (nSPS) is 15.9. The highest BCUT2D eigenvalue weighted by molar-refractivity contribution is 7.10. The SMILES string of the molecule is Cc1nc2c(c(=O)[nH]1)CCN(Cc1sccc1C)CC2. The average molecular weight is 289 g/mol. The number of fused-ring (bicyclic) bond motifs is 1. The fourth-order valence-corrected chi connectivity index (χ4v) is 3.65. The summed E-state index contributed by atoms with van der Waals surface area (Å²) in [6.07, 6.45) is 1.66. The molecule has 3 heterocycles. The number of H-pyrrole nitrogens is 1. The van der Waals surface area contributed by atoms with Crippen LogP contribution in [0.4, 0.5) is 0 Å². The molecule has 1 aliphatic rings. The summed E-state index contributed by atoms with van der Waals surface area (Å²) in [6, 6.07) is 2.17. The molecular weight excluding hydrogens is 270 g/mol. The molecule has 0 aromatic carbocycles. The molecule has 0 aliphatic carbocycles. The molecule has 1 aliphatic heterocycles. The summed E-state index contributed by atoms with van der Waals surface area (Å²) in [5.74, 6) is 0.719. The lowest BCUT2D eigenvalue weighted by atomic mass is 10.1. The lowest BCUT2D eigenvalue weighted by Gasteiger charge is -2.19. The van der Waals surface area contributed by atoms with Gasteiger partial charge >= 0.3 is 0 Å². The third-order valence-corrected chi connectivity index (χ3v) is 4.91. The van der Waals surface area contributed by atoms with Crippen molar-refractivity contribution in [3.8, 4) is 0 Å². The van der Waals surface area contributed by atoms with Gasteiger partial charge in [0, 0.05) is 36.5 Å². The number of thiophene rings is 1. The van der Waals surface area contributed by atoms with Crippen LogP contribution in [0.25, 0.3) is 0 Å². The minimum atomic E-state index is 0.0432. The van der Waals surface area contributed by atoms with Gasteiger partial charge in [0.15, 0.2) is 0 Å². The Hall–Kier alpha value is -1.46. The van der Waals surface area contributed by atoms with Gasteiger partial charge in [-0.15, -0.1) is 11.3 Å². The first-order chi connectivity index (χ1) is 9.63. The van der Waals surface area contributed by atoms with E-state index < -0.39 is 0 Å². The van der Waals surface area contributed by atoms with E-state index in [0.29, 0.717) is 0 Å². The highest BCUT2D eigenvalue weighted by Crippen LogP contribution is 2.19. The fourth-order valence-electron chi connectivity index (χ4n) is 2.71. The van der Waals surface area contributed by atoms with Gasteiger partial charge in [-0.25, -0.2) is 4.98 Å². The van der Waals surface area contributed by atoms with E-state index >= 15 is 0 Å². The summed E-state index contributed by atoms with van der Waals surface area (Å²) < 4.78 is 0. The smallest absolute Gasteiger partial charge is 0.254 e. The van der Waals surface area contributed by atoms with Crippen molar-refractivity contribution in [3.63, 3.8) is 0 Å². The Balaban J connectivity index is 1.78. The standard InChI is InChI=1S/C15H19N3OS/c1-10-5-8-20-14(10)9-18-6-3-12-13(4-7-18)16-11(2)17-15(12)19/h5,8H,3-4,6-7,9H2,1-2H3,(H,16,17,19). The summed E-state index contributed by atoms with van der Waals surface area (Å²) in [6.45, 7) is 6.89. The van der Waals surface area contributed by atoms with E-state index in [2.05, 4.69) is 33.2 Å². The van der Waals surface area contributed by atoms with Gasteiger partial charge in [0.25, 0.3) is 5.56 Å². The lowest BCUT2D eigenvalue weighted by molar-refractivity contribution is 0.281.